The van der Waals surface area contributed by atoms with Crippen LogP contribution in [0.5, 0.6) is 11.5 Å². The highest BCUT2D eigenvalue weighted by Gasteiger charge is 2.02. The van der Waals surface area contributed by atoms with Gasteiger partial charge in [0, 0.05) is 0 Å². The molecule has 1 radical (unpaired) electrons. The van der Waals surface area contributed by atoms with Crippen molar-refractivity contribution in [3.8, 4) is 11.5 Å². The SMILES string of the molecule is COc1ccc([CH]O)cc1OC. The fraction of sp³-hybridized carbons (Fsp3) is 0.222. The molecule has 1 rings (SSSR count). The summed E-state index contributed by atoms with van der Waals surface area (Å²) in [5, 5.41) is 8.70. The second-order valence-corrected chi connectivity index (χ2v) is 2.24. The minimum Gasteiger partial charge on any atom is -0.493 e. The zero-order valence-electron chi connectivity index (χ0n) is 7.07. The van der Waals surface area contributed by atoms with Crippen molar-refractivity contribution < 1.29 is 14.6 Å². The van der Waals surface area contributed by atoms with E-state index in [1.807, 2.05) is 0 Å². The fourth-order valence-electron chi connectivity index (χ4n) is 0.933. The predicted molar refractivity (Wildman–Crippen MR) is 44.9 cm³/mol. The second-order valence-electron chi connectivity index (χ2n) is 2.24. The number of rotatable bonds is 3. The molecule has 65 valence electrons. The molecule has 0 saturated carbocycles. The van der Waals surface area contributed by atoms with E-state index in [4.69, 9.17) is 14.6 Å². The number of hydrogen-bond donors (Lipinski definition) is 1. The van der Waals surface area contributed by atoms with Crippen molar-refractivity contribution in [2.24, 2.45) is 0 Å². The van der Waals surface area contributed by atoms with Gasteiger partial charge in [-0.15, -0.1) is 0 Å². The number of aliphatic hydroxyl groups is 1. The Kier molecular flexibility index (Phi) is 2.94. The highest BCUT2D eigenvalue weighted by Crippen LogP contribution is 2.27. The number of benzene rings is 1. The zero-order valence-corrected chi connectivity index (χ0v) is 7.07. The van der Waals surface area contributed by atoms with E-state index in [2.05, 4.69) is 0 Å². The molecular weight excluding hydrogens is 156 g/mol. The predicted octanol–water partition coefficient (Wildman–Crippen LogP) is 1.59. The van der Waals surface area contributed by atoms with E-state index in [0.717, 1.165) is 6.61 Å². The highest BCUT2D eigenvalue weighted by molar-refractivity contribution is 5.44. The van der Waals surface area contributed by atoms with Crippen LogP contribution in [0.25, 0.3) is 0 Å². The Bertz CT molecular complexity index is 258. The summed E-state index contributed by atoms with van der Waals surface area (Å²) in [6, 6.07) is 5.17. The molecule has 0 amide bonds. The quantitative estimate of drug-likeness (QED) is 0.742. The molecule has 0 atom stereocenters. The molecule has 3 nitrogen and oxygen atoms in total. The lowest BCUT2D eigenvalue weighted by Gasteiger charge is -2.07. The van der Waals surface area contributed by atoms with Crippen LogP contribution in [0.4, 0.5) is 0 Å². The summed E-state index contributed by atoms with van der Waals surface area (Å²) >= 11 is 0. The maximum absolute atomic E-state index is 8.70. The smallest absolute Gasteiger partial charge is 0.161 e. The lowest BCUT2D eigenvalue weighted by molar-refractivity contribution is 0.353. The van der Waals surface area contributed by atoms with E-state index in [1.165, 1.54) is 0 Å². The first kappa shape index (κ1) is 8.87. The van der Waals surface area contributed by atoms with E-state index in [1.54, 1.807) is 32.4 Å². The lowest BCUT2D eigenvalue weighted by Crippen LogP contribution is -1.91. The van der Waals surface area contributed by atoms with Crippen molar-refractivity contribution in [1.29, 1.82) is 0 Å². The van der Waals surface area contributed by atoms with Gasteiger partial charge >= 0.3 is 0 Å². The van der Waals surface area contributed by atoms with E-state index in [0.29, 0.717) is 17.1 Å². The van der Waals surface area contributed by atoms with Crippen molar-refractivity contribution in [2.75, 3.05) is 14.2 Å². The third-order valence-corrected chi connectivity index (χ3v) is 1.56. The summed E-state index contributed by atoms with van der Waals surface area (Å²) in [5.74, 6) is 1.27. The Labute approximate surface area is 71.5 Å². The molecule has 1 aromatic rings. The highest BCUT2D eigenvalue weighted by atomic mass is 16.5. The summed E-state index contributed by atoms with van der Waals surface area (Å²) in [6.07, 6.45) is 0. The molecule has 0 saturated heterocycles. The van der Waals surface area contributed by atoms with Crippen LogP contribution >= 0.6 is 0 Å². The van der Waals surface area contributed by atoms with Crippen LogP contribution in [0.2, 0.25) is 0 Å². The Balaban J connectivity index is 3.02. The Morgan fingerprint density at radius 1 is 1.17 bits per heavy atom. The molecule has 0 aliphatic heterocycles. The van der Waals surface area contributed by atoms with Gasteiger partial charge in [0.25, 0.3) is 0 Å². The number of hydrogen-bond acceptors (Lipinski definition) is 3. The van der Waals surface area contributed by atoms with Gasteiger partial charge in [-0.25, -0.2) is 0 Å². The average Bonchev–Trinajstić information content (AvgIpc) is 2.16. The molecule has 0 spiro atoms. The molecule has 0 bridgehead atoms. The summed E-state index contributed by atoms with van der Waals surface area (Å²) in [5.41, 5.74) is 0.688. The van der Waals surface area contributed by atoms with Crippen molar-refractivity contribution in [3.05, 3.63) is 30.4 Å². The largest absolute Gasteiger partial charge is 0.493 e. The molecule has 12 heavy (non-hydrogen) atoms. The normalized spacial score (nSPS) is 9.58. The van der Waals surface area contributed by atoms with Crippen molar-refractivity contribution in [1.82, 2.24) is 0 Å². The van der Waals surface area contributed by atoms with Gasteiger partial charge in [-0.2, -0.15) is 0 Å². The third kappa shape index (κ3) is 1.68. The zero-order chi connectivity index (χ0) is 8.97. The molecule has 0 aromatic heterocycles. The Morgan fingerprint density at radius 3 is 2.33 bits per heavy atom. The van der Waals surface area contributed by atoms with Gasteiger partial charge in [-0.05, 0) is 17.7 Å². The number of aliphatic hydroxyl groups excluding tert-OH is 1. The third-order valence-electron chi connectivity index (χ3n) is 1.56. The van der Waals surface area contributed by atoms with Gasteiger partial charge in [0.1, 0.15) is 6.61 Å². The van der Waals surface area contributed by atoms with Crippen LogP contribution in [-0.4, -0.2) is 19.3 Å². The molecule has 1 aromatic carbocycles. The monoisotopic (exact) mass is 167 g/mol. The first-order chi connectivity index (χ1) is 5.81. The first-order valence-electron chi connectivity index (χ1n) is 3.51. The molecule has 0 unspecified atom stereocenters. The number of ether oxygens (including phenoxy) is 2. The molecule has 3 heteroatoms. The molecule has 0 heterocycles. The summed E-state index contributed by atoms with van der Waals surface area (Å²) in [7, 11) is 3.12. The van der Waals surface area contributed by atoms with Gasteiger partial charge in [0.2, 0.25) is 0 Å². The summed E-state index contributed by atoms with van der Waals surface area (Å²) in [6.45, 7) is 1.02. The van der Waals surface area contributed by atoms with Gasteiger partial charge in [0.05, 0.1) is 14.2 Å². The van der Waals surface area contributed by atoms with Crippen molar-refractivity contribution in [3.63, 3.8) is 0 Å². The van der Waals surface area contributed by atoms with E-state index >= 15 is 0 Å². The van der Waals surface area contributed by atoms with Gasteiger partial charge in [-0.1, -0.05) is 6.07 Å². The van der Waals surface area contributed by atoms with Crippen molar-refractivity contribution >= 4 is 0 Å². The molecule has 0 aliphatic rings. The molecule has 0 fully saturated rings. The summed E-state index contributed by atoms with van der Waals surface area (Å²) < 4.78 is 10.0. The lowest BCUT2D eigenvalue weighted by atomic mass is 10.2. The minimum atomic E-state index is 0.611. The van der Waals surface area contributed by atoms with E-state index in [9.17, 15) is 0 Å². The van der Waals surface area contributed by atoms with Gasteiger partial charge in [-0.3, -0.25) is 0 Å². The second kappa shape index (κ2) is 3.97. The van der Waals surface area contributed by atoms with Crippen LogP contribution in [0, 0.1) is 6.61 Å². The van der Waals surface area contributed by atoms with E-state index < -0.39 is 0 Å². The summed E-state index contributed by atoms with van der Waals surface area (Å²) in [4.78, 5) is 0. The van der Waals surface area contributed by atoms with Crippen LogP contribution in [0.3, 0.4) is 0 Å². The fourth-order valence-corrected chi connectivity index (χ4v) is 0.933. The average molecular weight is 167 g/mol. The Hall–Kier alpha value is -1.22. The molecular formula is C9H11O3. The maximum Gasteiger partial charge on any atom is 0.161 e. The van der Waals surface area contributed by atoms with Crippen LogP contribution in [-0.2, 0) is 0 Å². The van der Waals surface area contributed by atoms with Crippen LogP contribution in [0.15, 0.2) is 18.2 Å². The minimum absolute atomic E-state index is 0.611. The van der Waals surface area contributed by atoms with Gasteiger partial charge in [0.15, 0.2) is 11.5 Å². The number of methoxy groups -OCH3 is 2. The van der Waals surface area contributed by atoms with Gasteiger partial charge < -0.3 is 14.6 Å². The molecule has 0 aliphatic carbocycles. The van der Waals surface area contributed by atoms with Crippen molar-refractivity contribution in [2.45, 2.75) is 0 Å². The first-order valence-corrected chi connectivity index (χ1v) is 3.51. The Morgan fingerprint density at radius 2 is 1.83 bits per heavy atom. The maximum atomic E-state index is 8.70. The van der Waals surface area contributed by atoms with Crippen LogP contribution in [0.1, 0.15) is 5.56 Å². The van der Waals surface area contributed by atoms with E-state index in [-0.39, 0.29) is 0 Å². The topological polar surface area (TPSA) is 38.7 Å². The standard InChI is InChI=1S/C9H11O3/c1-11-8-4-3-7(6-10)5-9(8)12-2/h3-6,10H,1-2H3. The molecule has 1 N–H and O–H groups in total. The van der Waals surface area contributed by atoms with Crippen LogP contribution < -0.4 is 9.47 Å².